The van der Waals surface area contributed by atoms with E-state index in [0.29, 0.717) is 6.04 Å². The molecule has 17 heavy (non-hydrogen) atoms. The van der Waals surface area contributed by atoms with Gasteiger partial charge in [-0.2, -0.15) is 0 Å². The van der Waals surface area contributed by atoms with Crippen molar-refractivity contribution in [3.05, 3.63) is 0 Å². The van der Waals surface area contributed by atoms with E-state index in [-0.39, 0.29) is 0 Å². The van der Waals surface area contributed by atoms with Crippen LogP contribution in [0.4, 0.5) is 0 Å². The van der Waals surface area contributed by atoms with Gasteiger partial charge in [-0.05, 0) is 24.7 Å². The van der Waals surface area contributed by atoms with Gasteiger partial charge < -0.3 is 5.32 Å². The first kappa shape index (κ1) is 13.3. The molecule has 2 fully saturated rings. The topological polar surface area (TPSA) is 24.4 Å². The number of nitrogens with one attached hydrogen (secondary N) is 1. The Balaban J connectivity index is 1.65. The van der Waals surface area contributed by atoms with Crippen LogP contribution in [0.5, 0.6) is 0 Å². The molecule has 1 unspecified atom stereocenters. The van der Waals surface area contributed by atoms with Gasteiger partial charge in [0.15, 0.2) is 5.17 Å². The van der Waals surface area contributed by atoms with Crippen LogP contribution in [0, 0.1) is 11.8 Å². The predicted molar refractivity (Wildman–Crippen MR) is 77.7 cm³/mol. The second kappa shape index (κ2) is 6.67. The third-order valence-electron chi connectivity index (χ3n) is 3.77. The molecule has 2 nitrogen and oxygen atoms in total. The average Bonchev–Trinajstić information content (AvgIpc) is 2.89. The molecule has 1 aliphatic heterocycles. The molecule has 1 aliphatic carbocycles. The summed E-state index contributed by atoms with van der Waals surface area (Å²) in [5, 5.41) is 4.76. The highest BCUT2D eigenvalue weighted by atomic mass is 32.2. The number of nitrogens with zero attached hydrogens (tertiary/aromatic N) is 1. The van der Waals surface area contributed by atoms with Crippen LogP contribution < -0.4 is 5.32 Å². The van der Waals surface area contributed by atoms with Gasteiger partial charge in [-0.15, -0.1) is 0 Å². The van der Waals surface area contributed by atoms with Gasteiger partial charge in [-0.3, -0.25) is 4.99 Å². The molecule has 0 aromatic rings. The lowest BCUT2D eigenvalue weighted by atomic mass is 10.0. The third-order valence-corrected chi connectivity index (χ3v) is 4.86. The average molecular weight is 254 g/mol. The van der Waals surface area contributed by atoms with Crippen LogP contribution in [0.3, 0.4) is 0 Å². The number of thioether (sulfide) groups is 1. The summed E-state index contributed by atoms with van der Waals surface area (Å²) >= 11 is 1.91. The SMILES string of the molecule is CC(C)CC1CSC(=NCCC2CCCC2)N1. The Morgan fingerprint density at radius 1 is 1.35 bits per heavy atom. The Morgan fingerprint density at radius 3 is 2.82 bits per heavy atom. The summed E-state index contributed by atoms with van der Waals surface area (Å²) in [5.41, 5.74) is 0. The van der Waals surface area contributed by atoms with Crippen LogP contribution >= 0.6 is 11.8 Å². The van der Waals surface area contributed by atoms with Gasteiger partial charge in [0.05, 0.1) is 0 Å². The van der Waals surface area contributed by atoms with Crippen molar-refractivity contribution in [1.82, 2.24) is 5.32 Å². The maximum Gasteiger partial charge on any atom is 0.156 e. The molecular weight excluding hydrogens is 228 g/mol. The number of hydrogen-bond acceptors (Lipinski definition) is 2. The molecule has 0 spiro atoms. The first-order valence-corrected chi connectivity index (χ1v) is 8.16. The maximum atomic E-state index is 4.71. The molecule has 0 aromatic carbocycles. The summed E-state index contributed by atoms with van der Waals surface area (Å²) in [4.78, 5) is 4.71. The lowest BCUT2D eigenvalue weighted by molar-refractivity contribution is 0.499. The van der Waals surface area contributed by atoms with Gasteiger partial charge in [-0.1, -0.05) is 51.3 Å². The highest BCUT2D eigenvalue weighted by Crippen LogP contribution is 2.27. The molecule has 0 aromatic heterocycles. The fourth-order valence-electron chi connectivity index (χ4n) is 2.87. The lowest BCUT2D eigenvalue weighted by Gasteiger charge is -2.12. The molecule has 1 saturated carbocycles. The number of amidine groups is 1. The number of rotatable bonds is 5. The van der Waals surface area contributed by atoms with Crippen molar-refractivity contribution >= 4 is 16.9 Å². The summed E-state index contributed by atoms with van der Waals surface area (Å²) in [6.45, 7) is 5.62. The molecule has 3 heteroatoms. The summed E-state index contributed by atoms with van der Waals surface area (Å²) in [6, 6.07) is 0.658. The highest BCUT2D eigenvalue weighted by molar-refractivity contribution is 8.14. The van der Waals surface area contributed by atoms with Crippen molar-refractivity contribution in [2.45, 2.75) is 58.4 Å². The first-order chi connectivity index (χ1) is 8.24. The minimum atomic E-state index is 0.658. The lowest BCUT2D eigenvalue weighted by Crippen LogP contribution is -2.28. The Bertz CT molecular complexity index is 257. The van der Waals surface area contributed by atoms with Crippen LogP contribution in [0.1, 0.15) is 52.4 Å². The summed E-state index contributed by atoms with van der Waals surface area (Å²) in [6.07, 6.45) is 8.37. The van der Waals surface area contributed by atoms with Crippen LogP contribution in [0.15, 0.2) is 4.99 Å². The molecule has 1 heterocycles. The van der Waals surface area contributed by atoms with Crippen molar-refractivity contribution in [2.75, 3.05) is 12.3 Å². The van der Waals surface area contributed by atoms with Crippen molar-refractivity contribution in [2.24, 2.45) is 16.8 Å². The van der Waals surface area contributed by atoms with E-state index in [4.69, 9.17) is 4.99 Å². The molecular formula is C14H26N2S. The summed E-state index contributed by atoms with van der Waals surface area (Å²) < 4.78 is 0. The van der Waals surface area contributed by atoms with E-state index < -0.39 is 0 Å². The first-order valence-electron chi connectivity index (χ1n) is 7.18. The van der Waals surface area contributed by atoms with E-state index in [1.165, 1.54) is 49.4 Å². The van der Waals surface area contributed by atoms with Crippen molar-refractivity contribution < 1.29 is 0 Å². The Hall–Kier alpha value is -0.180. The van der Waals surface area contributed by atoms with E-state index in [1.54, 1.807) is 0 Å². The van der Waals surface area contributed by atoms with Crippen LogP contribution in [-0.2, 0) is 0 Å². The monoisotopic (exact) mass is 254 g/mol. The zero-order chi connectivity index (χ0) is 12.1. The fourth-order valence-corrected chi connectivity index (χ4v) is 3.88. The van der Waals surface area contributed by atoms with Gasteiger partial charge in [0, 0.05) is 18.3 Å². The third kappa shape index (κ3) is 4.53. The van der Waals surface area contributed by atoms with Gasteiger partial charge in [0.25, 0.3) is 0 Å². The Labute approximate surface area is 110 Å². The van der Waals surface area contributed by atoms with Crippen LogP contribution in [0.2, 0.25) is 0 Å². The van der Waals surface area contributed by atoms with Gasteiger partial charge in [-0.25, -0.2) is 0 Å². The van der Waals surface area contributed by atoms with Crippen molar-refractivity contribution in [3.8, 4) is 0 Å². The van der Waals surface area contributed by atoms with E-state index in [1.807, 2.05) is 11.8 Å². The minimum absolute atomic E-state index is 0.658. The van der Waals surface area contributed by atoms with Crippen LogP contribution in [0.25, 0.3) is 0 Å². The Kier molecular flexibility index (Phi) is 5.20. The van der Waals surface area contributed by atoms with E-state index in [2.05, 4.69) is 19.2 Å². The number of hydrogen-bond donors (Lipinski definition) is 1. The minimum Gasteiger partial charge on any atom is -0.361 e. The summed E-state index contributed by atoms with van der Waals surface area (Å²) in [7, 11) is 0. The summed E-state index contributed by atoms with van der Waals surface area (Å²) in [5.74, 6) is 2.96. The second-order valence-corrected chi connectivity index (χ2v) is 6.92. The quantitative estimate of drug-likeness (QED) is 0.809. The van der Waals surface area contributed by atoms with Gasteiger partial charge >= 0.3 is 0 Å². The molecule has 0 bridgehead atoms. The fraction of sp³-hybridized carbons (Fsp3) is 0.929. The predicted octanol–water partition coefficient (Wildman–Crippen LogP) is 3.67. The molecule has 2 aliphatic rings. The van der Waals surface area contributed by atoms with E-state index in [9.17, 15) is 0 Å². The van der Waals surface area contributed by atoms with Gasteiger partial charge in [0.1, 0.15) is 0 Å². The van der Waals surface area contributed by atoms with Crippen molar-refractivity contribution in [3.63, 3.8) is 0 Å². The standard InChI is InChI=1S/C14H26N2S/c1-11(2)9-13-10-17-14(16-13)15-8-7-12-5-3-4-6-12/h11-13H,3-10H2,1-2H3,(H,15,16). The highest BCUT2D eigenvalue weighted by Gasteiger charge is 2.21. The van der Waals surface area contributed by atoms with Crippen LogP contribution in [-0.4, -0.2) is 23.5 Å². The van der Waals surface area contributed by atoms with E-state index in [0.717, 1.165) is 18.4 Å². The molecule has 0 amide bonds. The maximum absolute atomic E-state index is 4.71. The normalized spacial score (nSPS) is 28.2. The molecule has 1 atom stereocenters. The van der Waals surface area contributed by atoms with Crippen molar-refractivity contribution in [1.29, 1.82) is 0 Å². The molecule has 2 rings (SSSR count). The molecule has 0 radical (unpaired) electrons. The van der Waals surface area contributed by atoms with E-state index >= 15 is 0 Å². The number of aliphatic imine (C=N–C) groups is 1. The molecule has 1 N–H and O–H groups in total. The molecule has 1 saturated heterocycles. The van der Waals surface area contributed by atoms with Gasteiger partial charge in [0.2, 0.25) is 0 Å². The zero-order valence-electron chi connectivity index (χ0n) is 11.2. The molecule has 98 valence electrons. The smallest absolute Gasteiger partial charge is 0.156 e. The largest absolute Gasteiger partial charge is 0.361 e. The Morgan fingerprint density at radius 2 is 2.12 bits per heavy atom. The zero-order valence-corrected chi connectivity index (χ0v) is 12.1. The second-order valence-electron chi connectivity index (χ2n) is 5.91.